The zero-order valence-electron chi connectivity index (χ0n) is 6.47. The van der Waals surface area contributed by atoms with E-state index in [2.05, 4.69) is 9.69 Å². The topological polar surface area (TPSA) is 24.9 Å². The average molecular weight is 199 g/mol. The van der Waals surface area contributed by atoms with Gasteiger partial charge in [-0.3, -0.25) is 0 Å². The second kappa shape index (κ2) is 2.92. The van der Waals surface area contributed by atoms with E-state index in [1.807, 2.05) is 25.2 Å². The van der Waals surface area contributed by atoms with E-state index >= 15 is 0 Å². The number of nitrogens with zero attached hydrogens (tertiary/aromatic N) is 1. The number of fused-ring (bicyclic) bond motifs is 1. The zero-order valence-corrected chi connectivity index (χ0v) is 8.04. The van der Waals surface area contributed by atoms with Gasteiger partial charge in [0.15, 0.2) is 0 Å². The van der Waals surface area contributed by atoms with E-state index in [1.165, 1.54) is 11.5 Å². The van der Waals surface area contributed by atoms with Crippen LogP contribution < -0.4 is 5.32 Å². The van der Waals surface area contributed by atoms with Crippen LogP contribution in [0.2, 0.25) is 5.02 Å². The maximum Gasteiger partial charge on any atom is 0.148 e. The van der Waals surface area contributed by atoms with E-state index in [0.717, 1.165) is 20.9 Å². The molecule has 2 rings (SSSR count). The third-order valence-corrected chi connectivity index (χ3v) is 2.81. The second-order valence-electron chi connectivity index (χ2n) is 2.39. The van der Waals surface area contributed by atoms with Crippen LogP contribution in [0.3, 0.4) is 0 Å². The maximum absolute atomic E-state index is 6.01. The van der Waals surface area contributed by atoms with Gasteiger partial charge in [-0.2, -0.15) is 4.37 Å². The highest BCUT2D eigenvalue weighted by Crippen LogP contribution is 2.32. The first-order valence-electron chi connectivity index (χ1n) is 3.54. The number of nitrogens with one attached hydrogen (secondary N) is 1. The quantitative estimate of drug-likeness (QED) is 0.762. The summed E-state index contributed by atoms with van der Waals surface area (Å²) in [5, 5.41) is 4.78. The van der Waals surface area contributed by atoms with Gasteiger partial charge in [0.25, 0.3) is 0 Å². The summed E-state index contributed by atoms with van der Waals surface area (Å²) in [5.74, 6) is 0.862. The summed E-state index contributed by atoms with van der Waals surface area (Å²) in [7, 11) is 1.85. The van der Waals surface area contributed by atoms with Gasteiger partial charge < -0.3 is 5.32 Å². The highest BCUT2D eigenvalue weighted by Gasteiger charge is 2.06. The molecule has 1 N–H and O–H groups in total. The molecule has 0 fully saturated rings. The summed E-state index contributed by atoms with van der Waals surface area (Å²) in [5.41, 5.74) is 0. The fraction of sp³-hybridized carbons (Fsp3) is 0.125. The summed E-state index contributed by atoms with van der Waals surface area (Å²) in [6, 6.07) is 5.82. The van der Waals surface area contributed by atoms with Gasteiger partial charge in [-0.1, -0.05) is 17.7 Å². The van der Waals surface area contributed by atoms with Crippen LogP contribution in [-0.2, 0) is 0 Å². The van der Waals surface area contributed by atoms with Crippen LogP contribution in [0.1, 0.15) is 0 Å². The molecule has 1 heterocycles. The Balaban J connectivity index is 2.83. The Morgan fingerprint density at radius 1 is 1.50 bits per heavy atom. The fourth-order valence-corrected chi connectivity index (χ4v) is 2.25. The van der Waals surface area contributed by atoms with Gasteiger partial charge in [0, 0.05) is 7.05 Å². The smallest absolute Gasteiger partial charge is 0.148 e. The SMILES string of the molecule is CNc1nsc2cccc(Cl)c12. The van der Waals surface area contributed by atoms with Crippen molar-refractivity contribution in [3.05, 3.63) is 23.2 Å². The van der Waals surface area contributed by atoms with Crippen LogP contribution in [0, 0.1) is 0 Å². The summed E-state index contributed by atoms with van der Waals surface area (Å²) < 4.78 is 5.34. The second-order valence-corrected chi connectivity index (χ2v) is 3.61. The van der Waals surface area contributed by atoms with Gasteiger partial charge in [0.05, 0.1) is 15.1 Å². The molecule has 2 nitrogen and oxygen atoms in total. The van der Waals surface area contributed by atoms with Crippen molar-refractivity contribution < 1.29 is 0 Å². The third kappa shape index (κ3) is 1.06. The Morgan fingerprint density at radius 2 is 2.33 bits per heavy atom. The Morgan fingerprint density at radius 3 is 3.08 bits per heavy atom. The molecule has 1 aromatic carbocycles. The molecule has 62 valence electrons. The molecule has 4 heteroatoms. The van der Waals surface area contributed by atoms with Crippen molar-refractivity contribution in [2.75, 3.05) is 12.4 Å². The normalized spacial score (nSPS) is 10.5. The third-order valence-electron chi connectivity index (χ3n) is 1.68. The lowest BCUT2D eigenvalue weighted by atomic mass is 10.2. The summed E-state index contributed by atoms with van der Waals surface area (Å²) >= 11 is 7.46. The number of hydrogen-bond acceptors (Lipinski definition) is 3. The van der Waals surface area contributed by atoms with Gasteiger partial charge in [-0.25, -0.2) is 0 Å². The first kappa shape index (κ1) is 7.83. The molecule has 0 radical (unpaired) electrons. The standard InChI is InChI=1S/C8H7ClN2S/c1-10-8-7-5(9)3-2-4-6(7)12-11-8/h2-4H,1H3,(H,10,11). The molecule has 0 aliphatic rings. The molecule has 0 saturated carbocycles. The van der Waals surface area contributed by atoms with Crippen LogP contribution in [0.4, 0.5) is 5.82 Å². The molecule has 2 aromatic rings. The minimum Gasteiger partial charge on any atom is -0.372 e. The largest absolute Gasteiger partial charge is 0.372 e. The van der Waals surface area contributed by atoms with Crippen molar-refractivity contribution in [2.45, 2.75) is 0 Å². The highest BCUT2D eigenvalue weighted by atomic mass is 35.5. The minimum absolute atomic E-state index is 0.755. The predicted octanol–water partition coefficient (Wildman–Crippen LogP) is 2.99. The van der Waals surface area contributed by atoms with Crippen molar-refractivity contribution in [3.63, 3.8) is 0 Å². The molecular weight excluding hydrogens is 192 g/mol. The minimum atomic E-state index is 0.755. The van der Waals surface area contributed by atoms with Gasteiger partial charge in [0.1, 0.15) is 5.82 Å². The Labute approximate surface area is 79.3 Å². The average Bonchev–Trinajstić information content (AvgIpc) is 2.49. The van der Waals surface area contributed by atoms with E-state index in [9.17, 15) is 0 Å². The van der Waals surface area contributed by atoms with E-state index in [4.69, 9.17) is 11.6 Å². The van der Waals surface area contributed by atoms with E-state index in [0.29, 0.717) is 0 Å². The van der Waals surface area contributed by atoms with Crippen LogP contribution in [-0.4, -0.2) is 11.4 Å². The lowest BCUT2D eigenvalue weighted by molar-refractivity contribution is 1.45. The predicted molar refractivity (Wildman–Crippen MR) is 54.2 cm³/mol. The number of benzene rings is 1. The van der Waals surface area contributed by atoms with E-state index < -0.39 is 0 Å². The van der Waals surface area contributed by atoms with Gasteiger partial charge in [-0.15, -0.1) is 0 Å². The molecule has 0 bridgehead atoms. The van der Waals surface area contributed by atoms with Gasteiger partial charge in [-0.05, 0) is 23.7 Å². The van der Waals surface area contributed by atoms with Gasteiger partial charge >= 0.3 is 0 Å². The maximum atomic E-state index is 6.01. The first-order chi connectivity index (χ1) is 5.83. The molecule has 0 aliphatic heterocycles. The monoisotopic (exact) mass is 198 g/mol. The Bertz CT molecular complexity index is 410. The number of hydrogen-bond donors (Lipinski definition) is 1. The van der Waals surface area contributed by atoms with Crippen LogP contribution >= 0.6 is 23.1 Å². The molecule has 0 aliphatic carbocycles. The van der Waals surface area contributed by atoms with E-state index in [-0.39, 0.29) is 0 Å². The molecular formula is C8H7ClN2S. The first-order valence-corrected chi connectivity index (χ1v) is 4.69. The molecule has 0 saturated heterocycles. The highest BCUT2D eigenvalue weighted by molar-refractivity contribution is 7.13. The Hall–Kier alpha value is -0.800. The fourth-order valence-electron chi connectivity index (χ4n) is 1.12. The van der Waals surface area contributed by atoms with Crippen molar-refractivity contribution >= 4 is 39.0 Å². The van der Waals surface area contributed by atoms with Crippen molar-refractivity contribution in [1.82, 2.24) is 4.37 Å². The van der Waals surface area contributed by atoms with Crippen LogP contribution in [0.5, 0.6) is 0 Å². The number of halogens is 1. The van der Waals surface area contributed by atoms with Crippen molar-refractivity contribution in [1.29, 1.82) is 0 Å². The van der Waals surface area contributed by atoms with Crippen molar-refractivity contribution in [2.24, 2.45) is 0 Å². The molecule has 0 spiro atoms. The molecule has 12 heavy (non-hydrogen) atoms. The number of anilines is 1. The lowest BCUT2D eigenvalue weighted by Crippen LogP contribution is -1.87. The zero-order chi connectivity index (χ0) is 8.55. The number of aromatic nitrogens is 1. The summed E-state index contributed by atoms with van der Waals surface area (Å²) in [6.07, 6.45) is 0. The molecule has 0 atom stereocenters. The van der Waals surface area contributed by atoms with Gasteiger partial charge in [0.2, 0.25) is 0 Å². The Kier molecular flexibility index (Phi) is 1.90. The lowest BCUT2D eigenvalue weighted by Gasteiger charge is -1.95. The summed E-state index contributed by atoms with van der Waals surface area (Å²) in [4.78, 5) is 0. The molecule has 1 aromatic heterocycles. The molecule has 0 amide bonds. The molecule has 0 unspecified atom stereocenters. The number of rotatable bonds is 1. The van der Waals surface area contributed by atoms with Crippen LogP contribution in [0.25, 0.3) is 10.1 Å². The van der Waals surface area contributed by atoms with Crippen molar-refractivity contribution in [3.8, 4) is 0 Å². The summed E-state index contributed by atoms with van der Waals surface area (Å²) in [6.45, 7) is 0. The van der Waals surface area contributed by atoms with Crippen LogP contribution in [0.15, 0.2) is 18.2 Å². The van der Waals surface area contributed by atoms with E-state index in [1.54, 1.807) is 0 Å².